The summed E-state index contributed by atoms with van der Waals surface area (Å²) in [5, 5.41) is 8.97. The third-order valence-electron chi connectivity index (χ3n) is 2.38. The third kappa shape index (κ3) is 2.55. The summed E-state index contributed by atoms with van der Waals surface area (Å²) < 4.78 is 0. The first-order valence-corrected chi connectivity index (χ1v) is 5.01. The van der Waals surface area contributed by atoms with Gasteiger partial charge in [-0.2, -0.15) is 0 Å². The number of carbonyl (C=O) groups is 3. The fourth-order valence-electron chi connectivity index (χ4n) is 1.70. The van der Waals surface area contributed by atoms with Crippen LogP contribution in [0.15, 0.2) is 0 Å². The smallest absolute Gasteiger partial charge is 0.326 e. The Hall–Kier alpha value is -1.39. The summed E-state index contributed by atoms with van der Waals surface area (Å²) >= 11 is 0. The standard InChI is InChI=1S/C10H15NO4/c1-6(2)5-7(10(14)15)11-8(12)3-4-9(11)13/h6-7H,3-5H2,1-2H3,(H,14,15). The largest absolute Gasteiger partial charge is 0.480 e. The topological polar surface area (TPSA) is 74.7 Å². The molecule has 1 atom stereocenters. The molecule has 1 saturated heterocycles. The molecule has 0 radical (unpaired) electrons. The van der Waals surface area contributed by atoms with Crippen molar-refractivity contribution < 1.29 is 19.5 Å². The van der Waals surface area contributed by atoms with Crippen molar-refractivity contribution in [1.29, 1.82) is 0 Å². The highest BCUT2D eigenvalue weighted by atomic mass is 16.4. The lowest BCUT2D eigenvalue weighted by Crippen LogP contribution is -2.45. The van der Waals surface area contributed by atoms with Crippen molar-refractivity contribution in [1.82, 2.24) is 4.90 Å². The first kappa shape index (κ1) is 11.7. The highest BCUT2D eigenvalue weighted by molar-refractivity contribution is 6.04. The molecule has 1 unspecified atom stereocenters. The van der Waals surface area contributed by atoms with Gasteiger partial charge in [-0.25, -0.2) is 4.79 Å². The summed E-state index contributed by atoms with van der Waals surface area (Å²) in [7, 11) is 0. The van der Waals surface area contributed by atoms with Crippen LogP contribution in [0, 0.1) is 5.92 Å². The number of nitrogens with zero attached hydrogens (tertiary/aromatic N) is 1. The van der Waals surface area contributed by atoms with E-state index in [0.29, 0.717) is 6.42 Å². The number of rotatable bonds is 4. The molecule has 0 aromatic rings. The molecule has 2 amide bonds. The zero-order chi connectivity index (χ0) is 11.6. The van der Waals surface area contributed by atoms with E-state index in [0.717, 1.165) is 4.90 Å². The molecule has 1 heterocycles. The Kier molecular flexibility index (Phi) is 3.44. The summed E-state index contributed by atoms with van der Waals surface area (Å²) in [6, 6.07) is -0.993. The van der Waals surface area contributed by atoms with Crippen LogP contribution in [0.1, 0.15) is 33.1 Å². The van der Waals surface area contributed by atoms with Crippen LogP contribution < -0.4 is 0 Å². The molecule has 0 bridgehead atoms. The zero-order valence-corrected chi connectivity index (χ0v) is 8.90. The second kappa shape index (κ2) is 4.42. The van der Waals surface area contributed by atoms with E-state index in [1.54, 1.807) is 0 Å². The maximum atomic E-state index is 11.4. The Labute approximate surface area is 88.1 Å². The quantitative estimate of drug-likeness (QED) is 0.695. The van der Waals surface area contributed by atoms with E-state index in [1.807, 2.05) is 13.8 Å². The van der Waals surface area contributed by atoms with Crippen molar-refractivity contribution >= 4 is 17.8 Å². The van der Waals surface area contributed by atoms with E-state index in [2.05, 4.69) is 0 Å². The van der Waals surface area contributed by atoms with Crippen LogP contribution in [0.2, 0.25) is 0 Å². The molecule has 0 aromatic carbocycles. The predicted octanol–water partition coefficient (Wildman–Crippen LogP) is 0.635. The van der Waals surface area contributed by atoms with Gasteiger partial charge < -0.3 is 5.11 Å². The molecule has 0 aromatic heterocycles. The number of hydrogen-bond donors (Lipinski definition) is 1. The van der Waals surface area contributed by atoms with Gasteiger partial charge >= 0.3 is 5.97 Å². The predicted molar refractivity (Wildman–Crippen MR) is 52.0 cm³/mol. The van der Waals surface area contributed by atoms with Gasteiger partial charge in [0.1, 0.15) is 6.04 Å². The number of hydrogen-bond acceptors (Lipinski definition) is 3. The minimum absolute atomic E-state index is 0.132. The van der Waals surface area contributed by atoms with Crippen molar-refractivity contribution in [3.63, 3.8) is 0 Å². The molecule has 5 nitrogen and oxygen atoms in total. The van der Waals surface area contributed by atoms with Crippen molar-refractivity contribution in [3.05, 3.63) is 0 Å². The summed E-state index contributed by atoms with van der Waals surface area (Å²) in [6.07, 6.45) is 0.591. The van der Waals surface area contributed by atoms with Crippen LogP contribution in [0.25, 0.3) is 0 Å². The molecule has 15 heavy (non-hydrogen) atoms. The fraction of sp³-hybridized carbons (Fsp3) is 0.700. The van der Waals surface area contributed by atoms with E-state index in [9.17, 15) is 14.4 Å². The van der Waals surface area contributed by atoms with Gasteiger partial charge in [0.2, 0.25) is 11.8 Å². The molecule has 1 fully saturated rings. The van der Waals surface area contributed by atoms with E-state index < -0.39 is 12.0 Å². The molecule has 1 N–H and O–H groups in total. The molecule has 1 aliphatic rings. The second-order valence-corrected chi connectivity index (χ2v) is 4.14. The van der Waals surface area contributed by atoms with E-state index in [-0.39, 0.29) is 30.6 Å². The number of amides is 2. The minimum atomic E-state index is -1.10. The third-order valence-corrected chi connectivity index (χ3v) is 2.38. The molecule has 0 aliphatic carbocycles. The van der Waals surface area contributed by atoms with Gasteiger partial charge in [0.05, 0.1) is 0 Å². The Morgan fingerprint density at radius 2 is 1.80 bits per heavy atom. The Bertz CT molecular complexity index is 282. The zero-order valence-electron chi connectivity index (χ0n) is 8.90. The summed E-state index contributed by atoms with van der Waals surface area (Å²) in [5.41, 5.74) is 0. The summed E-state index contributed by atoms with van der Waals surface area (Å²) in [5.74, 6) is -1.71. The molecule has 1 aliphatic heterocycles. The maximum absolute atomic E-state index is 11.4. The van der Waals surface area contributed by atoms with Crippen molar-refractivity contribution in [2.45, 2.75) is 39.2 Å². The van der Waals surface area contributed by atoms with Crippen molar-refractivity contribution in [2.24, 2.45) is 5.92 Å². The Balaban J connectivity index is 2.83. The van der Waals surface area contributed by atoms with E-state index >= 15 is 0 Å². The van der Waals surface area contributed by atoms with Gasteiger partial charge in [-0.05, 0) is 12.3 Å². The van der Waals surface area contributed by atoms with E-state index in [4.69, 9.17) is 5.11 Å². The van der Waals surface area contributed by atoms with Crippen LogP contribution >= 0.6 is 0 Å². The lowest BCUT2D eigenvalue weighted by Gasteiger charge is -2.23. The van der Waals surface area contributed by atoms with Crippen LogP contribution in [-0.4, -0.2) is 33.8 Å². The SMILES string of the molecule is CC(C)CC(C(=O)O)N1C(=O)CCC1=O. The Morgan fingerprint density at radius 1 is 1.33 bits per heavy atom. The van der Waals surface area contributed by atoms with Crippen molar-refractivity contribution in [3.8, 4) is 0 Å². The second-order valence-electron chi connectivity index (χ2n) is 4.14. The number of carboxylic acid groups (broad SMARTS) is 1. The molecule has 84 valence electrons. The van der Waals surface area contributed by atoms with Crippen LogP contribution in [0.5, 0.6) is 0 Å². The molecule has 1 rings (SSSR count). The van der Waals surface area contributed by atoms with Crippen LogP contribution in [0.4, 0.5) is 0 Å². The Morgan fingerprint density at radius 3 is 2.13 bits per heavy atom. The van der Waals surface area contributed by atoms with Crippen molar-refractivity contribution in [2.75, 3.05) is 0 Å². The summed E-state index contributed by atoms with van der Waals surface area (Å²) in [6.45, 7) is 3.72. The maximum Gasteiger partial charge on any atom is 0.326 e. The lowest BCUT2D eigenvalue weighted by atomic mass is 10.0. The molecule has 5 heteroatoms. The first-order chi connectivity index (χ1) is 6.93. The molecular weight excluding hydrogens is 198 g/mol. The monoisotopic (exact) mass is 213 g/mol. The van der Waals surface area contributed by atoms with Gasteiger partial charge in [0.15, 0.2) is 0 Å². The number of aliphatic carboxylic acids is 1. The number of carboxylic acids is 1. The fourth-order valence-corrected chi connectivity index (χ4v) is 1.70. The number of carbonyl (C=O) groups excluding carboxylic acids is 2. The van der Waals surface area contributed by atoms with Gasteiger partial charge in [-0.3, -0.25) is 14.5 Å². The van der Waals surface area contributed by atoms with Crippen LogP contribution in [-0.2, 0) is 14.4 Å². The minimum Gasteiger partial charge on any atom is -0.480 e. The average Bonchev–Trinajstić information content (AvgIpc) is 2.42. The normalized spacial score (nSPS) is 18.7. The molecule has 0 saturated carbocycles. The number of likely N-dealkylation sites (tertiary alicyclic amines) is 1. The average molecular weight is 213 g/mol. The lowest BCUT2D eigenvalue weighted by molar-refractivity contribution is -0.154. The van der Waals surface area contributed by atoms with Gasteiger partial charge in [0, 0.05) is 12.8 Å². The van der Waals surface area contributed by atoms with Gasteiger partial charge in [0.25, 0.3) is 0 Å². The number of imide groups is 1. The highest BCUT2D eigenvalue weighted by Gasteiger charge is 2.38. The highest BCUT2D eigenvalue weighted by Crippen LogP contribution is 2.20. The van der Waals surface area contributed by atoms with Gasteiger partial charge in [-0.1, -0.05) is 13.8 Å². The summed E-state index contributed by atoms with van der Waals surface area (Å²) in [4.78, 5) is 34.6. The van der Waals surface area contributed by atoms with E-state index in [1.165, 1.54) is 0 Å². The molecule has 0 spiro atoms. The molecular formula is C10H15NO4. The first-order valence-electron chi connectivity index (χ1n) is 5.01. The van der Waals surface area contributed by atoms with Crippen LogP contribution in [0.3, 0.4) is 0 Å². The van der Waals surface area contributed by atoms with Gasteiger partial charge in [-0.15, -0.1) is 0 Å².